The molecule has 2 aromatic rings. The number of ether oxygens (including phenoxy) is 2. The molecule has 8 heteroatoms. The molecule has 1 saturated carbocycles. The molecule has 0 unspecified atom stereocenters. The second-order valence-corrected chi connectivity index (χ2v) is 8.23. The van der Waals surface area contributed by atoms with Crippen LogP contribution < -0.4 is 4.74 Å². The molecule has 0 amide bonds. The SMILES string of the molecule is O=C(O)c1csc([C@H]2CC[C@@H]3[C@@H](CCOc4cccc(F)c4)[C@H](O)C[C@@H]3O2)n1. The number of carbonyl (C=O) groups is 1. The first-order chi connectivity index (χ1) is 13.5. The maximum absolute atomic E-state index is 13.2. The van der Waals surface area contributed by atoms with Crippen molar-refractivity contribution in [3.05, 3.63) is 46.2 Å². The molecular weight excluding hydrogens is 385 g/mol. The number of rotatable bonds is 6. The Hall–Kier alpha value is -2.03. The number of carboxylic acids is 1. The summed E-state index contributed by atoms with van der Waals surface area (Å²) in [6.07, 6.45) is 2.13. The van der Waals surface area contributed by atoms with Crippen LogP contribution in [-0.4, -0.2) is 40.0 Å². The Balaban J connectivity index is 1.33. The fraction of sp³-hybridized carbons (Fsp3) is 0.500. The zero-order chi connectivity index (χ0) is 19.7. The van der Waals surface area contributed by atoms with Gasteiger partial charge >= 0.3 is 5.97 Å². The van der Waals surface area contributed by atoms with E-state index in [-0.39, 0.29) is 35.6 Å². The second-order valence-electron chi connectivity index (χ2n) is 7.34. The number of benzene rings is 1. The zero-order valence-electron chi connectivity index (χ0n) is 15.2. The van der Waals surface area contributed by atoms with Gasteiger partial charge in [-0.2, -0.15) is 0 Å². The molecule has 0 spiro atoms. The van der Waals surface area contributed by atoms with Crippen molar-refractivity contribution in [1.82, 2.24) is 4.98 Å². The summed E-state index contributed by atoms with van der Waals surface area (Å²) in [7, 11) is 0. The van der Waals surface area contributed by atoms with E-state index < -0.39 is 12.1 Å². The number of aromatic carboxylic acids is 1. The van der Waals surface area contributed by atoms with Crippen molar-refractivity contribution in [2.45, 2.75) is 44.0 Å². The van der Waals surface area contributed by atoms with Gasteiger partial charge in [-0.3, -0.25) is 0 Å². The topological polar surface area (TPSA) is 88.9 Å². The number of halogens is 1. The van der Waals surface area contributed by atoms with Crippen LogP contribution in [0.4, 0.5) is 4.39 Å². The van der Waals surface area contributed by atoms with Gasteiger partial charge in [-0.15, -0.1) is 11.3 Å². The Kier molecular flexibility index (Phi) is 5.61. The van der Waals surface area contributed by atoms with Gasteiger partial charge in [0, 0.05) is 17.9 Å². The molecule has 28 heavy (non-hydrogen) atoms. The van der Waals surface area contributed by atoms with Crippen molar-refractivity contribution in [1.29, 1.82) is 0 Å². The molecule has 0 radical (unpaired) electrons. The highest BCUT2D eigenvalue weighted by atomic mass is 32.1. The van der Waals surface area contributed by atoms with Crippen molar-refractivity contribution < 1.29 is 28.9 Å². The third-order valence-electron chi connectivity index (χ3n) is 5.63. The predicted octanol–water partition coefficient (Wildman–Crippen LogP) is 3.67. The van der Waals surface area contributed by atoms with Crippen LogP contribution in [0.1, 0.15) is 47.3 Å². The molecule has 2 aliphatic rings. The molecule has 2 N–H and O–H groups in total. The highest BCUT2D eigenvalue weighted by Gasteiger charge is 2.46. The van der Waals surface area contributed by atoms with Gasteiger partial charge in [-0.25, -0.2) is 14.2 Å². The minimum atomic E-state index is -1.04. The first-order valence-electron chi connectivity index (χ1n) is 9.42. The van der Waals surface area contributed by atoms with Gasteiger partial charge in [0.1, 0.15) is 22.7 Å². The molecule has 1 aromatic carbocycles. The Bertz CT molecular complexity index is 844. The number of hydrogen-bond donors (Lipinski definition) is 2. The van der Waals surface area contributed by atoms with Gasteiger partial charge < -0.3 is 19.7 Å². The predicted molar refractivity (Wildman–Crippen MR) is 100 cm³/mol. The van der Waals surface area contributed by atoms with E-state index in [1.807, 2.05) is 0 Å². The summed E-state index contributed by atoms with van der Waals surface area (Å²) in [4.78, 5) is 15.2. The average molecular weight is 407 g/mol. The number of aromatic nitrogens is 1. The fourth-order valence-electron chi connectivity index (χ4n) is 4.32. The Morgan fingerprint density at radius 1 is 1.39 bits per heavy atom. The zero-order valence-corrected chi connectivity index (χ0v) is 16.0. The van der Waals surface area contributed by atoms with Crippen LogP contribution in [0, 0.1) is 17.7 Å². The van der Waals surface area contributed by atoms with Crippen LogP contribution in [0.2, 0.25) is 0 Å². The maximum atomic E-state index is 13.2. The van der Waals surface area contributed by atoms with Crippen LogP contribution in [0.5, 0.6) is 5.75 Å². The summed E-state index contributed by atoms with van der Waals surface area (Å²) in [5, 5.41) is 21.8. The van der Waals surface area contributed by atoms with E-state index >= 15 is 0 Å². The van der Waals surface area contributed by atoms with Crippen molar-refractivity contribution in [3.8, 4) is 5.75 Å². The van der Waals surface area contributed by atoms with Gasteiger partial charge in [-0.1, -0.05) is 6.07 Å². The average Bonchev–Trinajstić information content (AvgIpc) is 3.27. The Morgan fingerprint density at radius 2 is 2.25 bits per heavy atom. The van der Waals surface area contributed by atoms with Crippen LogP contribution in [0.15, 0.2) is 29.6 Å². The molecule has 1 aromatic heterocycles. The maximum Gasteiger partial charge on any atom is 0.355 e. The van der Waals surface area contributed by atoms with E-state index in [9.17, 15) is 14.3 Å². The lowest BCUT2D eigenvalue weighted by Gasteiger charge is -2.34. The number of nitrogens with zero attached hydrogens (tertiary/aromatic N) is 1. The summed E-state index contributed by atoms with van der Waals surface area (Å²) in [5.74, 6) is -0.571. The standard InChI is InChI=1S/C20H22FNO5S/c21-11-2-1-3-12(8-11)26-7-6-13-14-4-5-17(27-18(14)9-16(13)23)19-22-15(10-28-19)20(24)25/h1-3,8,10,13-14,16-18,23H,4-7,9H2,(H,24,25)/t13-,14-,16-,17-,18+/m1/s1. The number of aliphatic hydroxyl groups is 1. The lowest BCUT2D eigenvalue weighted by Crippen LogP contribution is -2.31. The molecule has 2 fully saturated rings. The van der Waals surface area contributed by atoms with Crippen molar-refractivity contribution in [2.75, 3.05) is 6.61 Å². The van der Waals surface area contributed by atoms with Crippen LogP contribution in [0.25, 0.3) is 0 Å². The summed E-state index contributed by atoms with van der Waals surface area (Å²) < 4.78 is 25.0. The van der Waals surface area contributed by atoms with E-state index in [1.54, 1.807) is 12.1 Å². The second kappa shape index (κ2) is 8.14. The minimum Gasteiger partial charge on any atom is -0.493 e. The van der Waals surface area contributed by atoms with Gasteiger partial charge in [0.15, 0.2) is 5.69 Å². The number of thiazole rings is 1. The lowest BCUT2D eigenvalue weighted by molar-refractivity contribution is -0.0798. The first kappa shape index (κ1) is 19.3. The largest absolute Gasteiger partial charge is 0.493 e. The van der Waals surface area contributed by atoms with Crippen LogP contribution in [0.3, 0.4) is 0 Å². The molecule has 1 saturated heterocycles. The molecule has 5 atom stereocenters. The van der Waals surface area contributed by atoms with Crippen molar-refractivity contribution >= 4 is 17.3 Å². The van der Waals surface area contributed by atoms with E-state index in [1.165, 1.54) is 28.8 Å². The van der Waals surface area contributed by atoms with Gasteiger partial charge in [-0.05, 0) is 43.2 Å². The first-order valence-corrected chi connectivity index (χ1v) is 10.3. The van der Waals surface area contributed by atoms with E-state index in [0.717, 1.165) is 12.8 Å². The summed E-state index contributed by atoms with van der Waals surface area (Å²) >= 11 is 1.30. The molecule has 6 nitrogen and oxygen atoms in total. The molecule has 4 rings (SSSR count). The summed E-state index contributed by atoms with van der Waals surface area (Å²) in [5.41, 5.74) is 0.0459. The minimum absolute atomic E-state index is 0.0459. The Labute approximate surface area is 165 Å². The van der Waals surface area contributed by atoms with Gasteiger partial charge in [0.2, 0.25) is 0 Å². The highest BCUT2D eigenvalue weighted by Crippen LogP contribution is 2.47. The molecule has 150 valence electrons. The number of aliphatic hydroxyl groups excluding tert-OH is 1. The molecule has 1 aliphatic carbocycles. The van der Waals surface area contributed by atoms with Crippen LogP contribution >= 0.6 is 11.3 Å². The Morgan fingerprint density at radius 3 is 3.00 bits per heavy atom. The van der Waals surface area contributed by atoms with E-state index in [4.69, 9.17) is 14.6 Å². The third-order valence-corrected chi connectivity index (χ3v) is 6.57. The van der Waals surface area contributed by atoms with Crippen molar-refractivity contribution in [2.24, 2.45) is 11.8 Å². The fourth-order valence-corrected chi connectivity index (χ4v) is 5.18. The van der Waals surface area contributed by atoms with Gasteiger partial charge in [0.25, 0.3) is 0 Å². The van der Waals surface area contributed by atoms with E-state index in [2.05, 4.69) is 4.98 Å². The van der Waals surface area contributed by atoms with Crippen LogP contribution in [-0.2, 0) is 4.74 Å². The molecule has 1 aliphatic heterocycles. The van der Waals surface area contributed by atoms with E-state index in [0.29, 0.717) is 30.2 Å². The quantitative estimate of drug-likeness (QED) is 0.760. The molecule has 0 bridgehead atoms. The monoisotopic (exact) mass is 407 g/mol. The van der Waals surface area contributed by atoms with Gasteiger partial charge in [0.05, 0.1) is 18.8 Å². The number of carboxylic acid groups (broad SMARTS) is 1. The normalized spacial score (nSPS) is 29.4. The van der Waals surface area contributed by atoms with Crippen molar-refractivity contribution in [3.63, 3.8) is 0 Å². The summed E-state index contributed by atoms with van der Waals surface area (Å²) in [6, 6.07) is 6.04. The molecular formula is C20H22FNO5S. The third kappa shape index (κ3) is 4.04. The smallest absolute Gasteiger partial charge is 0.355 e. The number of fused-ring (bicyclic) bond motifs is 1. The molecule has 2 heterocycles. The lowest BCUT2D eigenvalue weighted by atomic mass is 9.85. The highest BCUT2D eigenvalue weighted by molar-refractivity contribution is 7.09. The summed E-state index contributed by atoms with van der Waals surface area (Å²) in [6.45, 7) is 0.409. The number of hydrogen-bond acceptors (Lipinski definition) is 6.